The minimum atomic E-state index is -1.05. The molecule has 0 aliphatic heterocycles. The summed E-state index contributed by atoms with van der Waals surface area (Å²) in [4.78, 5) is 11.1. The maximum absolute atomic E-state index is 14.5. The van der Waals surface area contributed by atoms with Crippen LogP contribution in [-0.2, 0) is 11.4 Å². The minimum Gasteiger partial charge on any atom is -0.489 e. The average Bonchev–Trinajstić information content (AvgIpc) is 3.24. The molecule has 5 nitrogen and oxygen atoms in total. The van der Waals surface area contributed by atoms with Gasteiger partial charge in [-0.15, -0.1) is 0 Å². The van der Waals surface area contributed by atoms with E-state index in [-0.39, 0.29) is 34.7 Å². The number of thiophene rings is 1. The summed E-state index contributed by atoms with van der Waals surface area (Å²) in [5, 5.41) is 22.5. The zero-order valence-corrected chi connectivity index (χ0v) is 17.3. The van der Waals surface area contributed by atoms with Crippen LogP contribution < -0.4 is 9.47 Å². The van der Waals surface area contributed by atoms with Crippen LogP contribution in [-0.4, -0.2) is 11.1 Å². The number of nitriles is 1. The molecule has 0 fully saturated rings. The van der Waals surface area contributed by atoms with E-state index in [4.69, 9.17) is 26.2 Å². The lowest BCUT2D eigenvalue weighted by Crippen LogP contribution is -2.13. The molecule has 0 radical (unpaired) electrons. The van der Waals surface area contributed by atoms with Crippen molar-refractivity contribution >= 4 is 28.9 Å². The Morgan fingerprint density at radius 1 is 1.30 bits per heavy atom. The van der Waals surface area contributed by atoms with Crippen molar-refractivity contribution in [3.05, 3.63) is 80.8 Å². The van der Waals surface area contributed by atoms with Gasteiger partial charge in [0.15, 0.2) is 0 Å². The number of ether oxygens (including phenoxy) is 2. The van der Waals surface area contributed by atoms with Crippen molar-refractivity contribution in [3.8, 4) is 17.6 Å². The third kappa shape index (κ3) is 5.50. The van der Waals surface area contributed by atoms with Gasteiger partial charge in [0.2, 0.25) is 0 Å². The number of nitrogens with zero attached hydrogens (tertiary/aromatic N) is 1. The minimum absolute atomic E-state index is 0.0269. The highest BCUT2D eigenvalue weighted by Gasteiger charge is 2.23. The van der Waals surface area contributed by atoms with Crippen LogP contribution in [0.15, 0.2) is 53.2 Å². The van der Waals surface area contributed by atoms with Gasteiger partial charge in [0, 0.05) is 18.1 Å². The van der Waals surface area contributed by atoms with E-state index in [1.807, 2.05) is 22.9 Å². The first-order valence-electron chi connectivity index (χ1n) is 8.98. The van der Waals surface area contributed by atoms with E-state index in [1.165, 1.54) is 30.3 Å². The van der Waals surface area contributed by atoms with Gasteiger partial charge in [-0.05, 0) is 53.1 Å². The Balaban J connectivity index is 1.89. The number of rotatable bonds is 9. The van der Waals surface area contributed by atoms with Crippen LogP contribution >= 0.6 is 22.9 Å². The molecule has 1 N–H and O–H groups in total. The van der Waals surface area contributed by atoms with Gasteiger partial charge in [0.05, 0.1) is 10.6 Å². The summed E-state index contributed by atoms with van der Waals surface area (Å²) in [5.74, 6) is -1.03. The molecule has 1 heterocycles. The van der Waals surface area contributed by atoms with E-state index in [9.17, 15) is 14.4 Å². The van der Waals surface area contributed by atoms with Crippen molar-refractivity contribution in [2.45, 2.75) is 25.6 Å². The van der Waals surface area contributed by atoms with E-state index in [0.717, 1.165) is 5.56 Å². The van der Waals surface area contributed by atoms with Crippen molar-refractivity contribution in [2.24, 2.45) is 0 Å². The molecular weight excluding hydrogens is 429 g/mol. The van der Waals surface area contributed by atoms with Gasteiger partial charge in [-0.1, -0.05) is 17.7 Å². The maximum atomic E-state index is 14.5. The van der Waals surface area contributed by atoms with Crippen molar-refractivity contribution in [2.75, 3.05) is 0 Å². The number of aliphatic carboxylic acids is 1. The first-order valence-corrected chi connectivity index (χ1v) is 10.3. The first-order chi connectivity index (χ1) is 14.5. The molecule has 0 saturated carbocycles. The van der Waals surface area contributed by atoms with Crippen LogP contribution in [0.1, 0.15) is 35.6 Å². The topological polar surface area (TPSA) is 79.5 Å². The second-order valence-corrected chi connectivity index (χ2v) is 7.55. The lowest BCUT2D eigenvalue weighted by Gasteiger charge is -2.22. The highest BCUT2D eigenvalue weighted by atomic mass is 35.5. The second kappa shape index (κ2) is 10.1. The highest BCUT2D eigenvalue weighted by Crippen LogP contribution is 2.35. The summed E-state index contributed by atoms with van der Waals surface area (Å²) in [7, 11) is 0. The summed E-state index contributed by atoms with van der Waals surface area (Å²) in [5.41, 5.74) is 1.27. The molecule has 2 aromatic carbocycles. The molecule has 8 heteroatoms. The Morgan fingerprint density at radius 2 is 2.13 bits per heavy atom. The third-order valence-corrected chi connectivity index (χ3v) is 5.33. The van der Waals surface area contributed by atoms with E-state index in [2.05, 4.69) is 0 Å². The van der Waals surface area contributed by atoms with Crippen molar-refractivity contribution in [3.63, 3.8) is 0 Å². The van der Waals surface area contributed by atoms with Crippen molar-refractivity contribution in [1.82, 2.24) is 0 Å². The van der Waals surface area contributed by atoms with Gasteiger partial charge in [-0.2, -0.15) is 16.6 Å². The van der Waals surface area contributed by atoms with Crippen molar-refractivity contribution < 1.29 is 23.8 Å². The zero-order valence-electron chi connectivity index (χ0n) is 15.7. The predicted octanol–water partition coefficient (Wildman–Crippen LogP) is 5.98. The van der Waals surface area contributed by atoms with Gasteiger partial charge in [0.25, 0.3) is 0 Å². The molecule has 3 rings (SSSR count). The Hall–Kier alpha value is -3.08. The molecule has 0 unspecified atom stereocenters. The molecule has 0 bridgehead atoms. The third-order valence-electron chi connectivity index (χ3n) is 4.27. The van der Waals surface area contributed by atoms with Gasteiger partial charge in [0.1, 0.15) is 36.1 Å². The lowest BCUT2D eigenvalue weighted by atomic mass is 10.0. The highest BCUT2D eigenvalue weighted by molar-refractivity contribution is 7.07. The summed E-state index contributed by atoms with van der Waals surface area (Å²) in [6, 6.07) is 12.9. The van der Waals surface area contributed by atoms with Crippen LogP contribution in [0.25, 0.3) is 0 Å². The number of carbonyl (C=O) groups is 1. The smallest absolute Gasteiger partial charge is 0.303 e. The largest absolute Gasteiger partial charge is 0.489 e. The SMILES string of the molecule is N#Cc1ccc(OCc2ccsc2)cc1O[C@@H](CCC(=O)O)c1c(F)cccc1Cl. The van der Waals surface area contributed by atoms with Crippen LogP contribution in [0.4, 0.5) is 4.39 Å². The van der Waals surface area contributed by atoms with Gasteiger partial charge in [-0.3, -0.25) is 4.79 Å². The molecule has 0 saturated heterocycles. The number of carboxylic acid groups (broad SMARTS) is 1. The fraction of sp³-hybridized carbons (Fsp3) is 0.182. The molecule has 0 amide bonds. The molecule has 0 spiro atoms. The first kappa shape index (κ1) is 21.6. The quantitative estimate of drug-likeness (QED) is 0.438. The zero-order chi connectivity index (χ0) is 21.5. The molecule has 154 valence electrons. The summed E-state index contributed by atoms with van der Waals surface area (Å²) in [6.45, 7) is 0.344. The van der Waals surface area contributed by atoms with Crippen LogP contribution in [0.2, 0.25) is 5.02 Å². The van der Waals surface area contributed by atoms with Gasteiger partial charge in [-0.25, -0.2) is 4.39 Å². The Kier molecular flexibility index (Phi) is 7.28. The fourth-order valence-electron chi connectivity index (χ4n) is 2.81. The number of hydrogen-bond acceptors (Lipinski definition) is 5. The predicted molar refractivity (Wildman–Crippen MR) is 111 cm³/mol. The normalized spacial score (nSPS) is 11.5. The molecule has 30 heavy (non-hydrogen) atoms. The lowest BCUT2D eigenvalue weighted by molar-refractivity contribution is -0.137. The van der Waals surface area contributed by atoms with E-state index >= 15 is 0 Å². The number of benzene rings is 2. The summed E-state index contributed by atoms with van der Waals surface area (Å²) in [6.07, 6.45) is -1.28. The molecule has 0 aliphatic rings. The van der Waals surface area contributed by atoms with E-state index in [1.54, 1.807) is 17.4 Å². The summed E-state index contributed by atoms with van der Waals surface area (Å²) < 4.78 is 26.1. The number of hydrogen-bond donors (Lipinski definition) is 1. The number of halogens is 2. The van der Waals surface area contributed by atoms with Crippen molar-refractivity contribution in [1.29, 1.82) is 5.26 Å². The molecular formula is C22H17ClFNO4S. The molecule has 3 aromatic rings. The van der Waals surface area contributed by atoms with Crippen LogP contribution in [0, 0.1) is 17.1 Å². The number of carboxylic acids is 1. The second-order valence-electron chi connectivity index (χ2n) is 6.36. The van der Waals surface area contributed by atoms with Gasteiger partial charge >= 0.3 is 5.97 Å². The van der Waals surface area contributed by atoms with Crippen LogP contribution in [0.3, 0.4) is 0 Å². The molecule has 1 aromatic heterocycles. The molecule has 1 atom stereocenters. The van der Waals surface area contributed by atoms with Crippen LogP contribution in [0.5, 0.6) is 11.5 Å². The van der Waals surface area contributed by atoms with E-state index < -0.39 is 17.9 Å². The van der Waals surface area contributed by atoms with E-state index in [0.29, 0.717) is 12.4 Å². The molecule has 0 aliphatic carbocycles. The fourth-order valence-corrected chi connectivity index (χ4v) is 3.75. The Labute approximate surface area is 181 Å². The monoisotopic (exact) mass is 445 g/mol. The Bertz CT molecular complexity index is 1050. The van der Waals surface area contributed by atoms with Gasteiger partial charge < -0.3 is 14.6 Å². The summed E-state index contributed by atoms with van der Waals surface area (Å²) >= 11 is 7.72. The Morgan fingerprint density at radius 3 is 2.80 bits per heavy atom. The maximum Gasteiger partial charge on any atom is 0.303 e. The average molecular weight is 446 g/mol. The standard InChI is InChI=1S/C22H17ClFNO4S/c23-17-2-1-3-18(24)22(17)19(6-7-21(26)27)29-20-10-16(5-4-15(20)11-25)28-12-14-8-9-30-13-14/h1-5,8-10,13,19H,6-7,12H2,(H,26,27)/t19-/m0/s1.